The van der Waals surface area contributed by atoms with E-state index in [9.17, 15) is 9.18 Å². The molecule has 0 atom stereocenters. The summed E-state index contributed by atoms with van der Waals surface area (Å²) < 4.78 is 12.9. The maximum atomic E-state index is 12.9. The van der Waals surface area contributed by atoms with Crippen LogP contribution in [-0.4, -0.2) is 17.4 Å². The number of carbonyl (C=O) groups is 1. The molecule has 3 rings (SSSR count). The summed E-state index contributed by atoms with van der Waals surface area (Å²) in [6.45, 7) is 4.58. The Morgan fingerprint density at radius 1 is 1.07 bits per heavy atom. The third kappa shape index (κ3) is 4.91. The lowest BCUT2D eigenvalue weighted by Crippen LogP contribution is -2.25. The molecule has 138 valence electrons. The number of amides is 1. The zero-order valence-electron chi connectivity index (χ0n) is 15.4. The van der Waals surface area contributed by atoms with Gasteiger partial charge in [-0.25, -0.2) is 4.39 Å². The van der Waals surface area contributed by atoms with Gasteiger partial charge in [0, 0.05) is 18.4 Å². The predicted octanol–water partition coefficient (Wildman–Crippen LogP) is 4.55. The molecule has 2 N–H and O–H groups in total. The van der Waals surface area contributed by atoms with E-state index in [4.69, 9.17) is 0 Å². The SMILES string of the molecule is Cc1cccc(Nc2cncc(C(=O)NCCc3ccc(F)cc3)c2)c1C. The smallest absolute Gasteiger partial charge is 0.252 e. The molecule has 3 aromatic rings. The van der Waals surface area contributed by atoms with Crippen LogP contribution in [0, 0.1) is 19.7 Å². The number of aryl methyl sites for hydroxylation is 1. The van der Waals surface area contributed by atoms with Gasteiger partial charge in [0.15, 0.2) is 0 Å². The van der Waals surface area contributed by atoms with E-state index in [1.807, 2.05) is 12.1 Å². The zero-order valence-corrected chi connectivity index (χ0v) is 15.4. The first-order valence-corrected chi connectivity index (χ1v) is 8.84. The number of anilines is 2. The predicted molar refractivity (Wildman–Crippen MR) is 106 cm³/mol. The third-order valence-corrected chi connectivity index (χ3v) is 4.50. The maximum absolute atomic E-state index is 12.9. The van der Waals surface area contributed by atoms with Gasteiger partial charge in [0.2, 0.25) is 0 Å². The van der Waals surface area contributed by atoms with E-state index in [-0.39, 0.29) is 11.7 Å². The molecule has 4 nitrogen and oxygen atoms in total. The summed E-state index contributed by atoms with van der Waals surface area (Å²) in [5, 5.41) is 6.19. The van der Waals surface area contributed by atoms with Crippen LogP contribution in [0.25, 0.3) is 0 Å². The molecule has 0 aliphatic carbocycles. The van der Waals surface area contributed by atoms with Gasteiger partial charge >= 0.3 is 0 Å². The van der Waals surface area contributed by atoms with Gasteiger partial charge in [-0.05, 0) is 61.2 Å². The number of benzene rings is 2. The quantitative estimate of drug-likeness (QED) is 0.675. The average Bonchev–Trinajstić information content (AvgIpc) is 2.67. The first-order chi connectivity index (χ1) is 13.0. The summed E-state index contributed by atoms with van der Waals surface area (Å²) in [6, 6.07) is 14.1. The molecule has 0 spiro atoms. The van der Waals surface area contributed by atoms with Crippen LogP contribution in [-0.2, 0) is 6.42 Å². The van der Waals surface area contributed by atoms with E-state index in [2.05, 4.69) is 35.5 Å². The highest BCUT2D eigenvalue weighted by Gasteiger charge is 2.08. The van der Waals surface area contributed by atoms with Crippen LogP contribution in [0.2, 0.25) is 0 Å². The number of nitrogens with zero attached hydrogens (tertiary/aromatic N) is 1. The second-order valence-corrected chi connectivity index (χ2v) is 6.47. The average molecular weight is 363 g/mol. The molecule has 0 bridgehead atoms. The topological polar surface area (TPSA) is 54.0 Å². The maximum Gasteiger partial charge on any atom is 0.252 e. The van der Waals surface area contributed by atoms with Crippen molar-refractivity contribution in [2.24, 2.45) is 0 Å². The molecule has 0 radical (unpaired) electrons. The Kier molecular flexibility index (Phi) is 5.81. The fourth-order valence-electron chi connectivity index (χ4n) is 2.75. The number of hydrogen-bond donors (Lipinski definition) is 2. The summed E-state index contributed by atoms with van der Waals surface area (Å²) in [4.78, 5) is 16.5. The Bertz CT molecular complexity index is 939. The molecule has 1 aromatic heterocycles. The van der Waals surface area contributed by atoms with Crippen LogP contribution in [0.3, 0.4) is 0 Å². The Balaban J connectivity index is 1.61. The van der Waals surface area contributed by atoms with Gasteiger partial charge in [0.25, 0.3) is 5.91 Å². The molecule has 0 saturated carbocycles. The minimum absolute atomic E-state index is 0.186. The third-order valence-electron chi connectivity index (χ3n) is 4.50. The number of halogens is 1. The van der Waals surface area contributed by atoms with Gasteiger partial charge in [0.1, 0.15) is 5.82 Å². The first-order valence-electron chi connectivity index (χ1n) is 8.84. The molecule has 0 unspecified atom stereocenters. The summed E-state index contributed by atoms with van der Waals surface area (Å²) in [5.74, 6) is -0.448. The van der Waals surface area contributed by atoms with Crippen LogP contribution in [0.4, 0.5) is 15.8 Å². The summed E-state index contributed by atoms with van der Waals surface area (Å²) in [7, 11) is 0. The van der Waals surface area contributed by atoms with E-state index in [1.54, 1.807) is 30.6 Å². The number of carbonyl (C=O) groups excluding carboxylic acids is 1. The Morgan fingerprint density at radius 2 is 1.85 bits per heavy atom. The van der Waals surface area contributed by atoms with Gasteiger partial charge in [0.05, 0.1) is 17.4 Å². The molecular weight excluding hydrogens is 341 g/mol. The molecule has 5 heteroatoms. The molecule has 1 heterocycles. The second kappa shape index (κ2) is 8.45. The van der Waals surface area contributed by atoms with Crippen molar-refractivity contribution in [3.8, 4) is 0 Å². The number of hydrogen-bond acceptors (Lipinski definition) is 3. The zero-order chi connectivity index (χ0) is 19.2. The fourth-order valence-corrected chi connectivity index (χ4v) is 2.75. The monoisotopic (exact) mass is 363 g/mol. The largest absolute Gasteiger partial charge is 0.354 e. The van der Waals surface area contributed by atoms with E-state index in [0.717, 1.165) is 22.5 Å². The van der Waals surface area contributed by atoms with Crippen molar-refractivity contribution in [1.82, 2.24) is 10.3 Å². The van der Waals surface area contributed by atoms with Gasteiger partial charge in [-0.1, -0.05) is 24.3 Å². The lowest BCUT2D eigenvalue weighted by molar-refractivity contribution is 0.0954. The highest BCUT2D eigenvalue weighted by atomic mass is 19.1. The van der Waals surface area contributed by atoms with Crippen molar-refractivity contribution in [2.75, 3.05) is 11.9 Å². The normalized spacial score (nSPS) is 10.5. The van der Waals surface area contributed by atoms with Crippen molar-refractivity contribution in [3.05, 3.63) is 89.0 Å². The van der Waals surface area contributed by atoms with E-state index >= 15 is 0 Å². The van der Waals surface area contributed by atoms with Gasteiger partial charge < -0.3 is 10.6 Å². The van der Waals surface area contributed by atoms with Crippen LogP contribution in [0.1, 0.15) is 27.0 Å². The van der Waals surface area contributed by atoms with Gasteiger partial charge in [-0.15, -0.1) is 0 Å². The van der Waals surface area contributed by atoms with E-state index < -0.39 is 0 Å². The Hall–Kier alpha value is -3.21. The molecule has 0 aliphatic heterocycles. The van der Waals surface area contributed by atoms with Crippen molar-refractivity contribution in [1.29, 1.82) is 0 Å². The summed E-state index contributed by atoms with van der Waals surface area (Å²) in [5.41, 5.74) is 5.57. The highest BCUT2D eigenvalue weighted by Crippen LogP contribution is 2.22. The fraction of sp³-hybridized carbons (Fsp3) is 0.182. The van der Waals surface area contributed by atoms with Gasteiger partial charge in [-0.3, -0.25) is 9.78 Å². The first kappa shape index (κ1) is 18.6. The number of rotatable bonds is 6. The van der Waals surface area contributed by atoms with Crippen LogP contribution in [0.15, 0.2) is 60.9 Å². The lowest BCUT2D eigenvalue weighted by Gasteiger charge is -2.12. The molecule has 0 fully saturated rings. The Morgan fingerprint density at radius 3 is 2.63 bits per heavy atom. The molecule has 0 aliphatic rings. The standard InChI is InChI=1S/C22H22FN3O/c1-15-4-3-5-21(16(15)2)26-20-12-18(13-24-14-20)22(27)25-11-10-17-6-8-19(23)9-7-17/h3-9,12-14,26H,10-11H2,1-2H3,(H,25,27). The molecule has 2 aromatic carbocycles. The van der Waals surface area contributed by atoms with E-state index in [0.29, 0.717) is 18.5 Å². The summed E-state index contributed by atoms with van der Waals surface area (Å²) >= 11 is 0. The lowest BCUT2D eigenvalue weighted by atomic mass is 10.1. The minimum atomic E-state index is -0.262. The number of nitrogens with one attached hydrogen (secondary N) is 2. The van der Waals surface area contributed by atoms with E-state index in [1.165, 1.54) is 17.7 Å². The minimum Gasteiger partial charge on any atom is -0.354 e. The van der Waals surface area contributed by atoms with Crippen molar-refractivity contribution in [2.45, 2.75) is 20.3 Å². The molecule has 1 amide bonds. The molecular formula is C22H22FN3O. The number of pyridine rings is 1. The van der Waals surface area contributed by atoms with Crippen LogP contribution >= 0.6 is 0 Å². The summed E-state index contributed by atoms with van der Waals surface area (Å²) in [6.07, 6.45) is 3.87. The Labute approximate surface area is 158 Å². The highest BCUT2D eigenvalue weighted by molar-refractivity contribution is 5.94. The second-order valence-electron chi connectivity index (χ2n) is 6.47. The van der Waals surface area contributed by atoms with Gasteiger partial charge in [-0.2, -0.15) is 0 Å². The van der Waals surface area contributed by atoms with Crippen LogP contribution < -0.4 is 10.6 Å². The van der Waals surface area contributed by atoms with Crippen molar-refractivity contribution in [3.63, 3.8) is 0 Å². The van der Waals surface area contributed by atoms with Crippen LogP contribution in [0.5, 0.6) is 0 Å². The van der Waals surface area contributed by atoms with Crippen molar-refractivity contribution >= 4 is 17.3 Å². The molecule has 27 heavy (non-hydrogen) atoms. The molecule has 0 saturated heterocycles. The number of aromatic nitrogens is 1. The van der Waals surface area contributed by atoms with Crippen molar-refractivity contribution < 1.29 is 9.18 Å².